The number of hydrogen-bond acceptors (Lipinski definition) is 4. The minimum absolute atomic E-state index is 0.0172. The molecule has 2 saturated carbocycles. The van der Waals surface area contributed by atoms with E-state index >= 15 is 0 Å². The van der Waals surface area contributed by atoms with Gasteiger partial charge in [0.1, 0.15) is 5.60 Å². The van der Waals surface area contributed by atoms with Crippen molar-refractivity contribution in [2.45, 2.75) is 72.8 Å². The van der Waals surface area contributed by atoms with Crippen LogP contribution in [-0.2, 0) is 19.1 Å². The third-order valence-electron chi connectivity index (χ3n) is 6.06. The predicted molar refractivity (Wildman–Crippen MR) is 88.7 cm³/mol. The van der Waals surface area contributed by atoms with Crippen molar-refractivity contribution >= 4 is 11.9 Å². The van der Waals surface area contributed by atoms with Gasteiger partial charge in [-0.05, 0) is 63.2 Å². The summed E-state index contributed by atoms with van der Waals surface area (Å²) in [5.74, 6) is 0.274. The minimum Gasteiger partial charge on any atom is -0.469 e. The van der Waals surface area contributed by atoms with E-state index in [2.05, 4.69) is 20.8 Å². The molecule has 0 N–H and O–H groups in total. The van der Waals surface area contributed by atoms with Gasteiger partial charge in [-0.25, -0.2) is 0 Å². The fourth-order valence-corrected chi connectivity index (χ4v) is 5.24. The highest BCUT2D eigenvalue weighted by molar-refractivity contribution is 5.80. The summed E-state index contributed by atoms with van der Waals surface area (Å²) >= 11 is 0. The molecule has 2 aliphatic carbocycles. The zero-order valence-electron chi connectivity index (χ0n) is 15.7. The highest BCUT2D eigenvalue weighted by Gasteiger charge is 2.65. The third kappa shape index (κ3) is 3.14. The molecule has 4 atom stereocenters. The van der Waals surface area contributed by atoms with Crippen LogP contribution in [0.2, 0.25) is 0 Å². The van der Waals surface area contributed by atoms with Gasteiger partial charge in [0.25, 0.3) is 0 Å². The Hall–Kier alpha value is -1.06. The molecule has 2 bridgehead atoms. The summed E-state index contributed by atoms with van der Waals surface area (Å²) in [5.41, 5.74) is -0.992. The van der Waals surface area contributed by atoms with Gasteiger partial charge in [-0.1, -0.05) is 20.8 Å². The maximum absolute atomic E-state index is 12.7. The summed E-state index contributed by atoms with van der Waals surface area (Å²) in [6.45, 7) is 12.2. The Kier molecular flexibility index (Phi) is 4.60. The molecule has 0 aromatic heterocycles. The van der Waals surface area contributed by atoms with E-state index in [0.717, 1.165) is 19.3 Å². The molecule has 132 valence electrons. The predicted octanol–water partition coefficient (Wildman–Crippen LogP) is 3.97. The molecule has 0 saturated heterocycles. The van der Waals surface area contributed by atoms with Crippen LogP contribution in [0, 0.1) is 28.6 Å². The van der Waals surface area contributed by atoms with Crippen molar-refractivity contribution in [3.8, 4) is 0 Å². The quantitative estimate of drug-likeness (QED) is 0.737. The molecule has 2 rings (SSSR count). The van der Waals surface area contributed by atoms with Gasteiger partial charge in [-0.2, -0.15) is 0 Å². The van der Waals surface area contributed by atoms with Crippen LogP contribution in [0.4, 0.5) is 0 Å². The molecule has 2 fully saturated rings. The van der Waals surface area contributed by atoms with E-state index in [1.807, 2.05) is 20.8 Å². The van der Waals surface area contributed by atoms with Crippen LogP contribution in [0.25, 0.3) is 0 Å². The lowest BCUT2D eigenvalue weighted by atomic mass is 9.60. The van der Waals surface area contributed by atoms with Gasteiger partial charge < -0.3 is 9.47 Å². The first-order chi connectivity index (χ1) is 10.4. The van der Waals surface area contributed by atoms with E-state index in [0.29, 0.717) is 12.3 Å². The normalized spacial score (nSPS) is 35.7. The van der Waals surface area contributed by atoms with Crippen molar-refractivity contribution in [3.63, 3.8) is 0 Å². The maximum atomic E-state index is 12.7. The lowest BCUT2D eigenvalue weighted by Crippen LogP contribution is -2.46. The summed E-state index contributed by atoms with van der Waals surface area (Å²) < 4.78 is 10.7. The Morgan fingerprint density at radius 3 is 2.30 bits per heavy atom. The van der Waals surface area contributed by atoms with Gasteiger partial charge in [0.05, 0.1) is 12.5 Å². The zero-order valence-corrected chi connectivity index (χ0v) is 15.7. The Labute approximate surface area is 140 Å². The van der Waals surface area contributed by atoms with E-state index in [9.17, 15) is 9.59 Å². The standard InChI is InChI=1S/C19H32O4/c1-12-8-9-13-14(10-15(20)23-17(2,3)4)19(12,16(21)22-7)11-18(13,5)6/h12-14H,8-11H2,1-7H3/t12-,13-,14-,19-/m1/s1. The number of rotatable bonds is 3. The van der Waals surface area contributed by atoms with Gasteiger partial charge in [0.2, 0.25) is 0 Å². The molecule has 23 heavy (non-hydrogen) atoms. The number of methoxy groups -OCH3 is 1. The Bertz CT molecular complexity index is 488. The number of fused-ring (bicyclic) bond motifs is 2. The van der Waals surface area contributed by atoms with Crippen LogP contribution >= 0.6 is 0 Å². The van der Waals surface area contributed by atoms with E-state index in [4.69, 9.17) is 9.47 Å². The van der Waals surface area contributed by atoms with Crippen LogP contribution in [-0.4, -0.2) is 24.6 Å². The third-order valence-corrected chi connectivity index (χ3v) is 6.06. The van der Waals surface area contributed by atoms with Crippen LogP contribution in [0.1, 0.15) is 67.2 Å². The van der Waals surface area contributed by atoms with Crippen molar-refractivity contribution in [1.29, 1.82) is 0 Å². The topological polar surface area (TPSA) is 52.6 Å². The first kappa shape index (κ1) is 18.3. The average Bonchev–Trinajstić information content (AvgIpc) is 2.54. The number of hydrogen-bond donors (Lipinski definition) is 0. The van der Waals surface area contributed by atoms with E-state index in [1.54, 1.807) is 0 Å². The van der Waals surface area contributed by atoms with Crippen molar-refractivity contribution < 1.29 is 19.1 Å². The molecular formula is C19H32O4. The van der Waals surface area contributed by atoms with Gasteiger partial charge >= 0.3 is 11.9 Å². The minimum atomic E-state index is -0.544. The molecular weight excluding hydrogens is 292 g/mol. The number of esters is 2. The van der Waals surface area contributed by atoms with Gasteiger partial charge in [-0.15, -0.1) is 0 Å². The molecule has 0 unspecified atom stereocenters. The number of carbonyl (C=O) groups excluding carboxylic acids is 2. The van der Waals surface area contributed by atoms with E-state index in [1.165, 1.54) is 7.11 Å². The largest absolute Gasteiger partial charge is 0.469 e. The molecule has 0 amide bonds. The maximum Gasteiger partial charge on any atom is 0.312 e. The summed E-state index contributed by atoms with van der Waals surface area (Å²) in [4.78, 5) is 25.2. The number of ether oxygens (including phenoxy) is 2. The first-order valence-corrected chi connectivity index (χ1v) is 8.74. The van der Waals surface area contributed by atoms with Crippen LogP contribution in [0.3, 0.4) is 0 Å². The second kappa shape index (κ2) is 5.78. The first-order valence-electron chi connectivity index (χ1n) is 8.74. The molecule has 0 radical (unpaired) electrons. The van der Waals surface area contributed by atoms with Crippen LogP contribution in [0.15, 0.2) is 0 Å². The molecule has 0 aliphatic heterocycles. The highest BCUT2D eigenvalue weighted by atomic mass is 16.6. The Morgan fingerprint density at radius 1 is 1.17 bits per heavy atom. The van der Waals surface area contributed by atoms with E-state index < -0.39 is 11.0 Å². The monoisotopic (exact) mass is 324 g/mol. The van der Waals surface area contributed by atoms with E-state index in [-0.39, 0.29) is 29.2 Å². The SMILES string of the molecule is COC(=O)[C@]12CC(C)(C)[C@H](CC[C@H]1C)[C@H]2CC(=O)OC(C)(C)C. The Morgan fingerprint density at radius 2 is 1.78 bits per heavy atom. The van der Waals surface area contributed by atoms with Gasteiger partial charge in [-0.3, -0.25) is 9.59 Å². The summed E-state index contributed by atoms with van der Waals surface area (Å²) in [5, 5.41) is 0. The molecule has 2 aliphatic rings. The Balaban J connectivity index is 2.34. The molecule has 0 heterocycles. The summed E-state index contributed by atoms with van der Waals surface area (Å²) in [6, 6.07) is 0. The number of carbonyl (C=O) groups is 2. The lowest BCUT2D eigenvalue weighted by Gasteiger charge is -2.43. The zero-order chi connectivity index (χ0) is 17.6. The second-order valence-corrected chi connectivity index (χ2v) is 9.18. The van der Waals surface area contributed by atoms with Crippen molar-refractivity contribution in [2.75, 3.05) is 7.11 Å². The molecule has 0 spiro atoms. The fraction of sp³-hybridized carbons (Fsp3) is 0.895. The summed E-state index contributed by atoms with van der Waals surface area (Å²) in [7, 11) is 1.46. The fourth-order valence-electron chi connectivity index (χ4n) is 5.24. The molecule has 4 heteroatoms. The van der Waals surface area contributed by atoms with Crippen LogP contribution < -0.4 is 0 Å². The van der Waals surface area contributed by atoms with Crippen LogP contribution in [0.5, 0.6) is 0 Å². The van der Waals surface area contributed by atoms with Crippen molar-refractivity contribution in [2.24, 2.45) is 28.6 Å². The van der Waals surface area contributed by atoms with Gasteiger partial charge in [0, 0.05) is 6.42 Å². The molecule has 0 aromatic carbocycles. The van der Waals surface area contributed by atoms with Gasteiger partial charge in [0.15, 0.2) is 0 Å². The van der Waals surface area contributed by atoms with Crippen molar-refractivity contribution in [1.82, 2.24) is 0 Å². The average molecular weight is 324 g/mol. The summed E-state index contributed by atoms with van der Waals surface area (Å²) in [6.07, 6.45) is 3.20. The molecule has 0 aromatic rings. The second-order valence-electron chi connectivity index (χ2n) is 9.18. The lowest BCUT2D eigenvalue weighted by molar-refractivity contribution is -0.167. The van der Waals surface area contributed by atoms with Crippen molar-refractivity contribution in [3.05, 3.63) is 0 Å². The highest BCUT2D eigenvalue weighted by Crippen LogP contribution is 2.66. The molecule has 4 nitrogen and oxygen atoms in total. The smallest absolute Gasteiger partial charge is 0.312 e.